The summed E-state index contributed by atoms with van der Waals surface area (Å²) in [6.07, 6.45) is 3.96. The molecule has 0 aliphatic carbocycles. The normalized spacial score (nSPS) is 23.2. The van der Waals surface area contributed by atoms with Crippen LogP contribution in [0.2, 0.25) is 0 Å². The highest BCUT2D eigenvalue weighted by molar-refractivity contribution is 8.00. The summed E-state index contributed by atoms with van der Waals surface area (Å²) < 4.78 is 0. The molecule has 2 heterocycles. The Bertz CT molecular complexity index is 404. The highest BCUT2D eigenvalue weighted by atomic mass is 32.2. The fourth-order valence-corrected chi connectivity index (χ4v) is 4.77. The van der Waals surface area contributed by atoms with E-state index in [1.807, 2.05) is 0 Å². The van der Waals surface area contributed by atoms with Gasteiger partial charge in [0.1, 0.15) is 0 Å². The van der Waals surface area contributed by atoms with Gasteiger partial charge in [-0.2, -0.15) is 0 Å². The molecule has 2 nitrogen and oxygen atoms in total. The molecule has 1 N–H and O–H groups in total. The highest BCUT2D eigenvalue weighted by Gasteiger charge is 2.24. The van der Waals surface area contributed by atoms with Crippen molar-refractivity contribution in [2.75, 3.05) is 32.7 Å². The lowest BCUT2D eigenvalue weighted by atomic mass is 9.97. The van der Waals surface area contributed by atoms with E-state index >= 15 is 0 Å². The largest absolute Gasteiger partial charge is 0.317 e. The first-order chi connectivity index (χ1) is 9.85. The van der Waals surface area contributed by atoms with Gasteiger partial charge in [-0.25, -0.2) is 0 Å². The van der Waals surface area contributed by atoms with Gasteiger partial charge in [-0.1, -0.05) is 25.1 Å². The minimum Gasteiger partial charge on any atom is -0.317 e. The maximum Gasteiger partial charge on any atom is 0.0263 e. The molecule has 1 saturated heterocycles. The van der Waals surface area contributed by atoms with Crippen LogP contribution in [0.15, 0.2) is 29.2 Å². The van der Waals surface area contributed by atoms with Crippen molar-refractivity contribution in [1.29, 1.82) is 0 Å². The Morgan fingerprint density at radius 1 is 1.20 bits per heavy atom. The molecule has 0 amide bonds. The molecule has 3 heteroatoms. The first-order valence-corrected chi connectivity index (χ1v) is 8.90. The van der Waals surface area contributed by atoms with Crippen LogP contribution < -0.4 is 5.32 Å². The molecule has 1 aromatic rings. The highest BCUT2D eigenvalue weighted by Crippen LogP contribution is 2.37. The molecule has 2 aliphatic rings. The molecule has 0 aromatic heterocycles. The summed E-state index contributed by atoms with van der Waals surface area (Å²) in [7, 11) is 0. The fourth-order valence-electron chi connectivity index (χ4n) is 3.41. The maximum atomic E-state index is 3.47. The van der Waals surface area contributed by atoms with Crippen molar-refractivity contribution in [3.8, 4) is 0 Å². The molecule has 1 unspecified atom stereocenters. The molecule has 20 heavy (non-hydrogen) atoms. The van der Waals surface area contributed by atoms with Gasteiger partial charge in [0.25, 0.3) is 0 Å². The number of benzene rings is 1. The van der Waals surface area contributed by atoms with E-state index in [2.05, 4.69) is 53.2 Å². The Morgan fingerprint density at radius 3 is 2.75 bits per heavy atom. The Balaban J connectivity index is 1.51. The molecule has 1 fully saturated rings. The number of hydrogen-bond acceptors (Lipinski definition) is 3. The van der Waals surface area contributed by atoms with Crippen LogP contribution in [0.3, 0.4) is 0 Å². The maximum absolute atomic E-state index is 3.47. The third kappa shape index (κ3) is 3.57. The number of nitrogens with zero attached hydrogens (tertiary/aromatic N) is 1. The summed E-state index contributed by atoms with van der Waals surface area (Å²) in [5.41, 5.74) is 1.56. The zero-order valence-corrected chi connectivity index (χ0v) is 13.3. The van der Waals surface area contributed by atoms with Crippen LogP contribution in [0, 0.1) is 5.92 Å². The SMILES string of the molecule is CCN(CC1CCNCC1)CC1Cc2ccccc2S1. The topological polar surface area (TPSA) is 15.3 Å². The van der Waals surface area contributed by atoms with E-state index in [9.17, 15) is 0 Å². The van der Waals surface area contributed by atoms with Crippen molar-refractivity contribution in [3.05, 3.63) is 29.8 Å². The van der Waals surface area contributed by atoms with Crippen LogP contribution in [0.5, 0.6) is 0 Å². The minimum atomic E-state index is 0.758. The Labute approximate surface area is 127 Å². The fraction of sp³-hybridized carbons (Fsp3) is 0.647. The van der Waals surface area contributed by atoms with Crippen molar-refractivity contribution >= 4 is 11.8 Å². The monoisotopic (exact) mass is 290 g/mol. The third-order valence-corrected chi connectivity index (χ3v) is 5.90. The van der Waals surface area contributed by atoms with E-state index in [4.69, 9.17) is 0 Å². The summed E-state index contributed by atoms with van der Waals surface area (Å²) >= 11 is 2.09. The van der Waals surface area contributed by atoms with E-state index in [0.29, 0.717) is 0 Å². The average Bonchev–Trinajstić information content (AvgIpc) is 2.90. The number of fused-ring (bicyclic) bond motifs is 1. The second-order valence-electron chi connectivity index (χ2n) is 6.10. The number of rotatable bonds is 5. The third-order valence-electron chi connectivity index (χ3n) is 4.60. The first-order valence-electron chi connectivity index (χ1n) is 8.02. The van der Waals surface area contributed by atoms with Gasteiger partial charge in [-0.3, -0.25) is 0 Å². The van der Waals surface area contributed by atoms with Gasteiger partial charge < -0.3 is 10.2 Å². The van der Waals surface area contributed by atoms with Crippen molar-refractivity contribution < 1.29 is 0 Å². The molecular weight excluding hydrogens is 264 g/mol. The van der Waals surface area contributed by atoms with E-state index in [0.717, 1.165) is 11.2 Å². The van der Waals surface area contributed by atoms with Gasteiger partial charge >= 0.3 is 0 Å². The van der Waals surface area contributed by atoms with Gasteiger partial charge in [-0.05, 0) is 56.4 Å². The van der Waals surface area contributed by atoms with Gasteiger partial charge in [0, 0.05) is 23.2 Å². The van der Waals surface area contributed by atoms with Crippen molar-refractivity contribution in [1.82, 2.24) is 10.2 Å². The number of thioether (sulfide) groups is 1. The minimum absolute atomic E-state index is 0.758. The zero-order chi connectivity index (χ0) is 13.8. The molecule has 0 radical (unpaired) electrons. The molecule has 3 rings (SSSR count). The molecule has 2 aliphatic heterocycles. The molecular formula is C17H26N2S. The molecule has 110 valence electrons. The quantitative estimate of drug-likeness (QED) is 0.897. The summed E-state index contributed by atoms with van der Waals surface area (Å²) in [5, 5.41) is 4.23. The van der Waals surface area contributed by atoms with Crippen molar-refractivity contribution in [3.63, 3.8) is 0 Å². The summed E-state index contributed by atoms with van der Waals surface area (Å²) in [5.74, 6) is 0.907. The van der Waals surface area contributed by atoms with Gasteiger partial charge in [0.2, 0.25) is 0 Å². The Hall–Kier alpha value is -0.510. The second-order valence-corrected chi connectivity index (χ2v) is 7.44. The van der Waals surface area contributed by atoms with Crippen LogP contribution in [0.4, 0.5) is 0 Å². The Morgan fingerprint density at radius 2 is 2.00 bits per heavy atom. The van der Waals surface area contributed by atoms with Crippen molar-refractivity contribution in [2.24, 2.45) is 5.92 Å². The predicted octanol–water partition coefficient (Wildman–Crippen LogP) is 3.02. The van der Waals surface area contributed by atoms with Gasteiger partial charge in [0.15, 0.2) is 0 Å². The first kappa shape index (κ1) is 14.4. The predicted molar refractivity (Wildman–Crippen MR) is 87.5 cm³/mol. The smallest absolute Gasteiger partial charge is 0.0263 e. The number of nitrogens with one attached hydrogen (secondary N) is 1. The van der Waals surface area contributed by atoms with Crippen LogP contribution in [0.1, 0.15) is 25.3 Å². The van der Waals surface area contributed by atoms with E-state index in [1.54, 1.807) is 5.56 Å². The number of piperidine rings is 1. The lowest BCUT2D eigenvalue weighted by Gasteiger charge is -2.30. The van der Waals surface area contributed by atoms with Crippen LogP contribution in [-0.4, -0.2) is 42.9 Å². The summed E-state index contributed by atoms with van der Waals surface area (Å²) in [4.78, 5) is 4.19. The van der Waals surface area contributed by atoms with Crippen molar-refractivity contribution in [2.45, 2.75) is 36.3 Å². The van der Waals surface area contributed by atoms with E-state index < -0.39 is 0 Å². The van der Waals surface area contributed by atoms with Gasteiger partial charge in [-0.15, -0.1) is 11.8 Å². The van der Waals surface area contributed by atoms with Gasteiger partial charge in [0.05, 0.1) is 0 Å². The van der Waals surface area contributed by atoms with E-state index in [1.165, 1.54) is 56.9 Å². The van der Waals surface area contributed by atoms with Crippen LogP contribution >= 0.6 is 11.8 Å². The lowest BCUT2D eigenvalue weighted by Crippen LogP contribution is -2.38. The van der Waals surface area contributed by atoms with E-state index in [-0.39, 0.29) is 0 Å². The molecule has 1 atom stereocenters. The number of hydrogen-bond donors (Lipinski definition) is 1. The Kier molecular flexibility index (Phi) is 5.03. The second kappa shape index (κ2) is 6.97. The zero-order valence-electron chi connectivity index (χ0n) is 12.5. The lowest BCUT2D eigenvalue weighted by molar-refractivity contribution is 0.214. The average molecular weight is 290 g/mol. The molecule has 0 bridgehead atoms. The standard InChI is InChI=1S/C17H26N2S/c1-2-19(12-14-7-9-18-10-8-14)13-16-11-15-5-3-4-6-17(15)20-16/h3-6,14,16,18H,2,7-13H2,1H3. The summed E-state index contributed by atoms with van der Waals surface area (Å²) in [6, 6.07) is 8.92. The molecule has 0 spiro atoms. The van der Waals surface area contributed by atoms with Crippen LogP contribution in [0.25, 0.3) is 0 Å². The molecule has 0 saturated carbocycles. The molecule has 1 aromatic carbocycles. The summed E-state index contributed by atoms with van der Waals surface area (Å²) in [6.45, 7) is 8.48. The van der Waals surface area contributed by atoms with Crippen LogP contribution in [-0.2, 0) is 6.42 Å².